The van der Waals surface area contributed by atoms with E-state index >= 15 is 0 Å². The van der Waals surface area contributed by atoms with Gasteiger partial charge in [0.15, 0.2) is 0 Å². The molecule has 280 valence electrons. The van der Waals surface area contributed by atoms with Crippen molar-refractivity contribution in [1.82, 2.24) is 0 Å². The smallest absolute Gasteiger partial charge is 0.0701 e. The number of benzene rings is 8. The van der Waals surface area contributed by atoms with Crippen LogP contribution in [0.1, 0.15) is 22.3 Å². The standard InChI is InChI=1S/C53H44S4/c1-54-49-29-13-41(14-30-49)37-5-21-45(22-6-37)53(46-23-7-38(8-24-46)42-15-31-50(55-2)32-16-42,47-25-9-39(10-26-47)43-17-33-51(56-3)34-18-43)48-27-11-40(12-28-48)44-19-35-52(57-4)36-20-44/h5-36H,1-4H3. The molecule has 0 N–H and O–H groups in total. The topological polar surface area (TPSA) is 0 Å². The second-order valence-electron chi connectivity index (χ2n) is 14.0. The monoisotopic (exact) mass is 808 g/mol. The molecule has 8 rings (SSSR count). The molecule has 4 heteroatoms. The Bertz CT molecular complexity index is 2150. The van der Waals surface area contributed by atoms with E-state index in [4.69, 9.17) is 0 Å². The van der Waals surface area contributed by atoms with Gasteiger partial charge < -0.3 is 0 Å². The van der Waals surface area contributed by atoms with Crippen molar-refractivity contribution < 1.29 is 0 Å². The predicted molar refractivity (Wildman–Crippen MR) is 254 cm³/mol. The zero-order valence-corrected chi connectivity index (χ0v) is 35.9. The summed E-state index contributed by atoms with van der Waals surface area (Å²) in [4.78, 5) is 5.08. The highest BCUT2D eigenvalue weighted by atomic mass is 32.2. The maximum absolute atomic E-state index is 2.34. The lowest BCUT2D eigenvalue weighted by Crippen LogP contribution is -2.31. The first-order valence-corrected chi connectivity index (χ1v) is 23.9. The molecule has 8 aromatic rings. The third-order valence-corrected chi connectivity index (χ3v) is 13.9. The quantitative estimate of drug-likeness (QED) is 0.0890. The molecule has 0 spiro atoms. The van der Waals surface area contributed by atoms with Gasteiger partial charge in [-0.3, -0.25) is 0 Å². The largest absolute Gasteiger partial charge is 0.130 e. The molecule has 8 aromatic carbocycles. The summed E-state index contributed by atoms with van der Waals surface area (Å²) in [6.07, 6.45) is 8.49. The molecule has 0 saturated carbocycles. The summed E-state index contributed by atoms with van der Waals surface area (Å²) in [5, 5.41) is 0. The van der Waals surface area contributed by atoms with Crippen molar-refractivity contribution >= 4 is 47.0 Å². The number of hydrogen-bond donors (Lipinski definition) is 0. The fourth-order valence-corrected chi connectivity index (χ4v) is 9.42. The highest BCUT2D eigenvalue weighted by Gasteiger charge is 2.38. The van der Waals surface area contributed by atoms with Gasteiger partial charge in [0.25, 0.3) is 0 Å². The Morgan fingerprint density at radius 1 is 0.211 bits per heavy atom. The van der Waals surface area contributed by atoms with Gasteiger partial charge in [0, 0.05) is 19.6 Å². The number of thioether (sulfide) groups is 4. The van der Waals surface area contributed by atoms with Crippen LogP contribution in [0.4, 0.5) is 0 Å². The minimum atomic E-state index is -0.606. The van der Waals surface area contributed by atoms with Crippen molar-refractivity contribution in [3.8, 4) is 44.5 Å². The Labute approximate surface area is 355 Å². The molecule has 0 amide bonds. The summed E-state index contributed by atoms with van der Waals surface area (Å²) in [7, 11) is 0. The molecule has 0 aliphatic rings. The van der Waals surface area contributed by atoms with E-state index in [-0.39, 0.29) is 0 Å². The van der Waals surface area contributed by atoms with E-state index in [1.807, 2.05) is 0 Å². The summed E-state index contributed by atoms with van der Waals surface area (Å²) in [5.74, 6) is 0. The van der Waals surface area contributed by atoms with Crippen LogP contribution in [0.2, 0.25) is 0 Å². The van der Waals surface area contributed by atoms with E-state index < -0.39 is 5.41 Å². The molecular weight excluding hydrogens is 765 g/mol. The maximum atomic E-state index is 2.34. The van der Waals surface area contributed by atoms with Crippen LogP contribution < -0.4 is 0 Å². The normalized spacial score (nSPS) is 11.4. The molecular formula is C53H44S4. The highest BCUT2D eigenvalue weighted by Crippen LogP contribution is 2.47. The second-order valence-corrected chi connectivity index (χ2v) is 17.5. The molecule has 0 aliphatic carbocycles. The number of hydrogen-bond acceptors (Lipinski definition) is 4. The van der Waals surface area contributed by atoms with E-state index in [0.29, 0.717) is 0 Å². The molecule has 0 bridgehead atoms. The summed E-state index contributed by atoms with van der Waals surface area (Å²) < 4.78 is 0. The Hall–Kier alpha value is -4.84. The third-order valence-electron chi connectivity index (χ3n) is 11.0. The number of rotatable bonds is 12. The lowest BCUT2D eigenvalue weighted by molar-refractivity contribution is 0.745. The van der Waals surface area contributed by atoms with Gasteiger partial charge in [-0.2, -0.15) is 0 Å². The molecule has 0 heterocycles. The van der Waals surface area contributed by atoms with Crippen molar-refractivity contribution in [3.05, 3.63) is 216 Å². The van der Waals surface area contributed by atoms with E-state index in [9.17, 15) is 0 Å². The van der Waals surface area contributed by atoms with Crippen LogP contribution in [0.25, 0.3) is 44.5 Å². The third kappa shape index (κ3) is 8.15. The summed E-state index contributed by atoms with van der Waals surface area (Å²) in [6, 6.07) is 72.6. The fourth-order valence-electron chi connectivity index (χ4n) is 7.78. The van der Waals surface area contributed by atoms with Crippen molar-refractivity contribution in [3.63, 3.8) is 0 Å². The Morgan fingerprint density at radius 3 is 0.491 bits per heavy atom. The lowest BCUT2D eigenvalue weighted by atomic mass is 9.64. The molecule has 0 aromatic heterocycles. The summed E-state index contributed by atoms with van der Waals surface area (Å²) >= 11 is 7.09. The van der Waals surface area contributed by atoms with Gasteiger partial charge in [-0.15, -0.1) is 47.0 Å². The van der Waals surface area contributed by atoms with Crippen LogP contribution in [0.3, 0.4) is 0 Å². The van der Waals surface area contributed by atoms with Crippen LogP contribution in [0, 0.1) is 0 Å². The van der Waals surface area contributed by atoms with Gasteiger partial charge >= 0.3 is 0 Å². The van der Waals surface area contributed by atoms with E-state index in [2.05, 4.69) is 219 Å². The predicted octanol–water partition coefficient (Wildman–Crippen LogP) is 15.6. The van der Waals surface area contributed by atoms with Gasteiger partial charge in [-0.05, 0) is 140 Å². The van der Waals surface area contributed by atoms with Crippen LogP contribution in [-0.4, -0.2) is 25.0 Å². The maximum Gasteiger partial charge on any atom is 0.0701 e. The van der Waals surface area contributed by atoms with Gasteiger partial charge in [0.2, 0.25) is 0 Å². The Kier molecular flexibility index (Phi) is 12.1. The minimum absolute atomic E-state index is 0.606. The first-order chi connectivity index (χ1) is 28.0. The molecule has 0 atom stereocenters. The van der Waals surface area contributed by atoms with Crippen LogP contribution in [0.15, 0.2) is 214 Å². The minimum Gasteiger partial charge on any atom is -0.130 e. The summed E-state index contributed by atoms with van der Waals surface area (Å²) in [6.45, 7) is 0. The lowest BCUT2D eigenvalue weighted by Gasteiger charge is -2.37. The molecule has 0 unspecified atom stereocenters. The fraction of sp³-hybridized carbons (Fsp3) is 0.0943. The zero-order chi connectivity index (χ0) is 39.2. The molecule has 0 nitrogen and oxygen atoms in total. The Balaban J connectivity index is 1.31. The van der Waals surface area contributed by atoms with Crippen molar-refractivity contribution in [2.24, 2.45) is 0 Å². The summed E-state index contributed by atoms with van der Waals surface area (Å²) in [5.41, 5.74) is 14.0. The van der Waals surface area contributed by atoms with Gasteiger partial charge in [-0.1, -0.05) is 146 Å². The van der Waals surface area contributed by atoms with Gasteiger partial charge in [-0.25, -0.2) is 0 Å². The van der Waals surface area contributed by atoms with Gasteiger partial charge in [0.05, 0.1) is 5.41 Å². The van der Waals surface area contributed by atoms with Crippen molar-refractivity contribution in [2.75, 3.05) is 25.0 Å². The SMILES string of the molecule is CSc1ccc(-c2ccc(C(c3ccc(-c4ccc(SC)cc4)cc3)(c3ccc(-c4ccc(SC)cc4)cc3)c3ccc(-c4ccc(SC)cc4)cc3)cc2)cc1. The molecule has 57 heavy (non-hydrogen) atoms. The first-order valence-electron chi connectivity index (χ1n) is 19.0. The van der Waals surface area contributed by atoms with Crippen LogP contribution in [0.5, 0.6) is 0 Å². The van der Waals surface area contributed by atoms with Crippen molar-refractivity contribution in [1.29, 1.82) is 0 Å². The highest BCUT2D eigenvalue weighted by molar-refractivity contribution is 7.99. The molecule has 0 fully saturated rings. The molecule has 0 radical (unpaired) electrons. The zero-order valence-electron chi connectivity index (χ0n) is 32.6. The van der Waals surface area contributed by atoms with E-state index in [1.165, 1.54) is 86.3 Å². The average Bonchev–Trinajstić information content (AvgIpc) is 3.30. The second kappa shape index (κ2) is 17.7. The molecule has 0 aliphatic heterocycles. The van der Waals surface area contributed by atoms with E-state index in [1.54, 1.807) is 47.0 Å². The van der Waals surface area contributed by atoms with Gasteiger partial charge in [0.1, 0.15) is 0 Å². The van der Waals surface area contributed by atoms with E-state index in [0.717, 1.165) is 0 Å². The van der Waals surface area contributed by atoms with Crippen LogP contribution in [-0.2, 0) is 5.41 Å². The molecule has 0 saturated heterocycles. The van der Waals surface area contributed by atoms with Crippen LogP contribution >= 0.6 is 47.0 Å². The van der Waals surface area contributed by atoms with Crippen molar-refractivity contribution in [2.45, 2.75) is 25.0 Å². The Morgan fingerprint density at radius 2 is 0.351 bits per heavy atom. The average molecular weight is 809 g/mol. The first kappa shape index (κ1) is 39.0.